The van der Waals surface area contributed by atoms with Crippen molar-refractivity contribution >= 4 is 5.78 Å². The Morgan fingerprint density at radius 1 is 1.31 bits per heavy atom. The van der Waals surface area contributed by atoms with Gasteiger partial charge in [0, 0.05) is 0 Å². The van der Waals surface area contributed by atoms with E-state index < -0.39 is 5.60 Å². The van der Waals surface area contributed by atoms with Crippen molar-refractivity contribution in [2.24, 2.45) is 0 Å². The van der Waals surface area contributed by atoms with Crippen LogP contribution in [0.15, 0.2) is 42.5 Å². The Hall–Kier alpha value is -1.41. The number of benzene rings is 1. The van der Waals surface area contributed by atoms with E-state index in [1.165, 1.54) is 25.5 Å². The zero-order valence-electron chi connectivity index (χ0n) is 9.81. The summed E-state index contributed by atoms with van der Waals surface area (Å²) >= 11 is 0. The van der Waals surface area contributed by atoms with Gasteiger partial charge in [0.15, 0.2) is 5.78 Å². The Bertz CT molecular complexity index is 358. The molecule has 0 amide bonds. The van der Waals surface area contributed by atoms with Gasteiger partial charge in [-0.15, -0.1) is 0 Å². The van der Waals surface area contributed by atoms with Gasteiger partial charge < -0.3 is 5.11 Å². The lowest BCUT2D eigenvalue weighted by atomic mass is 10.0. The Kier molecular flexibility index (Phi) is 4.44. The molecule has 2 nitrogen and oxygen atoms in total. The molecule has 0 aliphatic carbocycles. The van der Waals surface area contributed by atoms with E-state index in [4.69, 9.17) is 0 Å². The fourth-order valence-electron chi connectivity index (χ4n) is 1.29. The number of carbonyl (C=O) groups excluding carboxylic acids is 1. The van der Waals surface area contributed by atoms with E-state index in [1.54, 1.807) is 0 Å². The lowest BCUT2D eigenvalue weighted by molar-refractivity contribution is -0.128. The molecule has 0 saturated heterocycles. The van der Waals surface area contributed by atoms with Crippen LogP contribution >= 0.6 is 0 Å². The van der Waals surface area contributed by atoms with Crippen LogP contribution in [0.5, 0.6) is 0 Å². The summed E-state index contributed by atoms with van der Waals surface area (Å²) in [6.45, 7) is 2.99. The average molecular weight is 218 g/mol. The standard InChI is InChI=1S/C14H18O2/c1-14(2,16)13(15)11-7-6-10-12-8-4-3-5-9-12/h3-5,7-9,11,16H,6,10H2,1-2H3/b11-7+. The number of allylic oxidation sites excluding steroid dienone is 1. The van der Waals surface area contributed by atoms with Crippen molar-refractivity contribution in [2.45, 2.75) is 32.3 Å². The van der Waals surface area contributed by atoms with Crippen molar-refractivity contribution in [1.29, 1.82) is 0 Å². The monoisotopic (exact) mass is 218 g/mol. The molecule has 0 aromatic heterocycles. The SMILES string of the molecule is CC(C)(O)C(=O)/C=C/CCc1ccccc1. The summed E-state index contributed by atoms with van der Waals surface area (Å²) in [7, 11) is 0. The highest BCUT2D eigenvalue weighted by molar-refractivity contribution is 5.96. The molecule has 16 heavy (non-hydrogen) atoms. The van der Waals surface area contributed by atoms with Crippen LogP contribution in [-0.2, 0) is 11.2 Å². The summed E-state index contributed by atoms with van der Waals surface area (Å²) < 4.78 is 0. The van der Waals surface area contributed by atoms with Gasteiger partial charge in [-0.3, -0.25) is 4.79 Å². The van der Waals surface area contributed by atoms with Crippen LogP contribution in [-0.4, -0.2) is 16.5 Å². The van der Waals surface area contributed by atoms with Crippen LogP contribution in [0.1, 0.15) is 25.8 Å². The second-order valence-corrected chi connectivity index (χ2v) is 4.35. The first kappa shape index (κ1) is 12.7. The van der Waals surface area contributed by atoms with Crippen molar-refractivity contribution in [1.82, 2.24) is 0 Å². The first-order chi connectivity index (χ1) is 7.50. The van der Waals surface area contributed by atoms with Crippen LogP contribution in [0.4, 0.5) is 0 Å². The summed E-state index contributed by atoms with van der Waals surface area (Å²) in [5.41, 5.74) is -0.00802. The summed E-state index contributed by atoms with van der Waals surface area (Å²) in [6.07, 6.45) is 5.00. The molecule has 0 aliphatic heterocycles. The molecule has 1 N–H and O–H groups in total. The van der Waals surface area contributed by atoms with Crippen LogP contribution in [0.25, 0.3) is 0 Å². The molecule has 1 aromatic carbocycles. The predicted molar refractivity (Wildman–Crippen MR) is 65.2 cm³/mol. The van der Waals surface area contributed by atoms with Gasteiger partial charge in [0.1, 0.15) is 5.60 Å². The molecule has 0 atom stereocenters. The van der Waals surface area contributed by atoms with E-state index in [-0.39, 0.29) is 5.78 Å². The minimum atomic E-state index is -1.26. The van der Waals surface area contributed by atoms with E-state index in [2.05, 4.69) is 12.1 Å². The van der Waals surface area contributed by atoms with Gasteiger partial charge in [-0.25, -0.2) is 0 Å². The lowest BCUT2D eigenvalue weighted by Crippen LogP contribution is -2.29. The molecule has 86 valence electrons. The summed E-state index contributed by atoms with van der Waals surface area (Å²) in [5, 5.41) is 9.40. The summed E-state index contributed by atoms with van der Waals surface area (Å²) in [6, 6.07) is 10.1. The van der Waals surface area contributed by atoms with Gasteiger partial charge in [-0.1, -0.05) is 36.4 Å². The predicted octanol–water partition coefficient (Wildman–Crippen LogP) is 2.52. The van der Waals surface area contributed by atoms with E-state index >= 15 is 0 Å². The van der Waals surface area contributed by atoms with Crippen molar-refractivity contribution < 1.29 is 9.90 Å². The second kappa shape index (κ2) is 5.61. The van der Waals surface area contributed by atoms with Gasteiger partial charge in [0.2, 0.25) is 0 Å². The average Bonchev–Trinajstić information content (AvgIpc) is 2.24. The number of hydrogen-bond acceptors (Lipinski definition) is 2. The molecule has 0 spiro atoms. The van der Waals surface area contributed by atoms with Crippen LogP contribution in [0.3, 0.4) is 0 Å². The molecular formula is C14H18O2. The highest BCUT2D eigenvalue weighted by Crippen LogP contribution is 2.06. The van der Waals surface area contributed by atoms with Crippen LogP contribution in [0.2, 0.25) is 0 Å². The van der Waals surface area contributed by atoms with E-state index in [1.807, 2.05) is 24.3 Å². The van der Waals surface area contributed by atoms with Gasteiger partial charge >= 0.3 is 0 Å². The molecule has 0 heterocycles. The minimum Gasteiger partial charge on any atom is -0.382 e. The fraction of sp³-hybridized carbons (Fsp3) is 0.357. The number of carbonyl (C=O) groups is 1. The van der Waals surface area contributed by atoms with Crippen molar-refractivity contribution in [3.8, 4) is 0 Å². The quantitative estimate of drug-likeness (QED) is 0.771. The first-order valence-electron chi connectivity index (χ1n) is 5.47. The van der Waals surface area contributed by atoms with E-state index in [9.17, 15) is 9.90 Å². The maximum absolute atomic E-state index is 11.3. The largest absolute Gasteiger partial charge is 0.382 e. The van der Waals surface area contributed by atoms with E-state index in [0.29, 0.717) is 0 Å². The molecule has 0 bridgehead atoms. The molecule has 0 radical (unpaired) electrons. The number of ketones is 1. The van der Waals surface area contributed by atoms with Gasteiger partial charge in [-0.05, 0) is 38.3 Å². The molecule has 2 heteroatoms. The maximum atomic E-state index is 11.3. The lowest BCUT2D eigenvalue weighted by Gasteiger charge is -2.11. The Morgan fingerprint density at radius 2 is 1.94 bits per heavy atom. The first-order valence-corrected chi connectivity index (χ1v) is 5.47. The van der Waals surface area contributed by atoms with Gasteiger partial charge in [-0.2, -0.15) is 0 Å². The normalized spacial score (nSPS) is 11.9. The van der Waals surface area contributed by atoms with Crippen molar-refractivity contribution in [2.75, 3.05) is 0 Å². The third-order valence-corrected chi connectivity index (χ3v) is 2.31. The molecule has 1 aromatic rings. The van der Waals surface area contributed by atoms with Crippen molar-refractivity contribution in [3.63, 3.8) is 0 Å². The maximum Gasteiger partial charge on any atom is 0.186 e. The molecule has 1 rings (SSSR count). The summed E-state index contributed by atoms with van der Waals surface area (Å²) in [5.74, 6) is -0.249. The van der Waals surface area contributed by atoms with Gasteiger partial charge in [0.05, 0.1) is 0 Å². The molecule has 0 aliphatic rings. The number of aliphatic hydroxyl groups is 1. The zero-order valence-corrected chi connectivity index (χ0v) is 9.81. The third-order valence-electron chi connectivity index (χ3n) is 2.31. The smallest absolute Gasteiger partial charge is 0.186 e. The fourth-order valence-corrected chi connectivity index (χ4v) is 1.29. The Labute approximate surface area is 96.6 Å². The minimum absolute atomic E-state index is 0.249. The Balaban J connectivity index is 2.37. The summed E-state index contributed by atoms with van der Waals surface area (Å²) in [4.78, 5) is 11.3. The highest BCUT2D eigenvalue weighted by Gasteiger charge is 2.20. The molecule has 0 fully saturated rings. The third kappa shape index (κ3) is 4.41. The molecule has 0 unspecified atom stereocenters. The number of hydrogen-bond donors (Lipinski definition) is 1. The van der Waals surface area contributed by atoms with Crippen molar-refractivity contribution in [3.05, 3.63) is 48.0 Å². The second-order valence-electron chi connectivity index (χ2n) is 4.35. The van der Waals surface area contributed by atoms with Crippen LogP contribution < -0.4 is 0 Å². The topological polar surface area (TPSA) is 37.3 Å². The van der Waals surface area contributed by atoms with E-state index in [0.717, 1.165) is 12.8 Å². The highest BCUT2D eigenvalue weighted by atomic mass is 16.3. The molecular weight excluding hydrogens is 200 g/mol. The molecule has 0 saturated carbocycles. The van der Waals surface area contributed by atoms with Crippen LogP contribution in [0, 0.1) is 0 Å². The number of aryl methyl sites for hydroxylation is 1. The zero-order chi connectivity index (χ0) is 12.0. The number of rotatable bonds is 5. The van der Waals surface area contributed by atoms with Gasteiger partial charge in [0.25, 0.3) is 0 Å². The Morgan fingerprint density at radius 3 is 2.50 bits per heavy atom.